The molecule has 6 aromatic carbocycles. The average Bonchev–Trinajstić information content (AvgIpc) is 3.62. The normalized spacial score (nSPS) is 12.0. The lowest BCUT2D eigenvalue weighted by molar-refractivity contribution is 0.0926. The Morgan fingerprint density at radius 2 is 1.18 bits per heavy atom. The highest BCUT2D eigenvalue weighted by molar-refractivity contribution is 6.36. The van der Waals surface area contributed by atoms with E-state index in [1.54, 1.807) is 36.4 Å². The molecular weight excluding hydrogens is 604 g/mol. The van der Waals surface area contributed by atoms with Crippen LogP contribution in [-0.4, -0.2) is 16.4 Å². The van der Waals surface area contributed by atoms with Crippen LogP contribution in [0, 0.1) is 22.7 Å². The molecule has 8 rings (SSSR count). The van der Waals surface area contributed by atoms with Crippen molar-refractivity contribution in [2.24, 2.45) is 0 Å². The molecule has 0 bridgehead atoms. The number of nitriles is 2. The number of benzene rings is 6. The van der Waals surface area contributed by atoms with Crippen LogP contribution in [0.1, 0.15) is 52.1 Å². The van der Waals surface area contributed by atoms with E-state index in [-0.39, 0.29) is 5.91 Å². The fourth-order valence-electron chi connectivity index (χ4n) is 6.56. The first-order valence-corrected chi connectivity index (χ1v) is 16.1. The van der Waals surface area contributed by atoms with E-state index in [0.29, 0.717) is 39.2 Å². The van der Waals surface area contributed by atoms with Crippen molar-refractivity contribution in [1.29, 1.82) is 10.5 Å². The molecule has 7 aromatic rings. The summed E-state index contributed by atoms with van der Waals surface area (Å²) in [6.07, 6.45) is 1.25. The fraction of sp³-hybridized carbons (Fsp3) is 0.0698. The number of carbonyl (C=O) groups excluding carboxylic acids is 2. The van der Waals surface area contributed by atoms with Gasteiger partial charge in [0.1, 0.15) is 0 Å². The number of anilines is 1. The van der Waals surface area contributed by atoms with E-state index in [0.717, 1.165) is 38.5 Å². The summed E-state index contributed by atoms with van der Waals surface area (Å²) in [6.45, 7) is 4.25. The first-order valence-electron chi connectivity index (χ1n) is 16.1. The lowest BCUT2D eigenvalue weighted by atomic mass is 9.98. The molecule has 1 aliphatic rings. The topological polar surface area (TPSA) is 89.9 Å². The highest BCUT2D eigenvalue weighted by Gasteiger charge is 2.39. The van der Waals surface area contributed by atoms with Crippen molar-refractivity contribution < 1.29 is 9.59 Å². The summed E-state index contributed by atoms with van der Waals surface area (Å²) in [6, 6.07) is 45.9. The van der Waals surface area contributed by atoms with Crippen molar-refractivity contribution in [1.82, 2.24) is 4.57 Å². The standard InChI is InChI=1S/C40H22N4O2.C3H8/c41-23-25-19-26(24-42)21-29(20-25)31-14-7-15-33-32-13-4-5-17-35(32)44(38(31)33)36-18-8-16-34-37(36)40(46)43(39(34)45)30-12-6-11-28(22-30)27-9-2-1-3-10-27;1-3-2/h1-22H;3H2,1-2H3. The molecule has 0 radical (unpaired) electrons. The lowest BCUT2D eigenvalue weighted by Crippen LogP contribution is -2.29. The van der Waals surface area contributed by atoms with E-state index < -0.39 is 5.91 Å². The van der Waals surface area contributed by atoms with Crippen LogP contribution in [0.3, 0.4) is 0 Å². The number of rotatable bonds is 4. The van der Waals surface area contributed by atoms with E-state index in [1.165, 1.54) is 11.3 Å². The summed E-state index contributed by atoms with van der Waals surface area (Å²) in [5, 5.41) is 21.3. The van der Waals surface area contributed by atoms with Gasteiger partial charge < -0.3 is 4.57 Å². The predicted octanol–water partition coefficient (Wildman–Crippen LogP) is 10.1. The van der Waals surface area contributed by atoms with Crippen molar-refractivity contribution in [2.45, 2.75) is 20.3 Å². The van der Waals surface area contributed by atoms with Crippen LogP contribution in [0.25, 0.3) is 49.7 Å². The molecule has 2 amide bonds. The largest absolute Gasteiger partial charge is 0.308 e. The maximum atomic E-state index is 14.4. The van der Waals surface area contributed by atoms with Gasteiger partial charge in [-0.2, -0.15) is 10.5 Å². The van der Waals surface area contributed by atoms with Gasteiger partial charge in [-0.25, -0.2) is 4.90 Å². The smallest absolute Gasteiger partial charge is 0.268 e. The number of amides is 2. The summed E-state index contributed by atoms with van der Waals surface area (Å²) in [5.74, 6) is -0.782. The summed E-state index contributed by atoms with van der Waals surface area (Å²) in [4.78, 5) is 29.6. The monoisotopic (exact) mass is 634 g/mol. The van der Waals surface area contributed by atoms with Gasteiger partial charge in [-0.05, 0) is 65.2 Å². The van der Waals surface area contributed by atoms with Gasteiger partial charge in [0.05, 0.1) is 56.8 Å². The Kier molecular flexibility index (Phi) is 8.06. The Morgan fingerprint density at radius 1 is 0.571 bits per heavy atom. The van der Waals surface area contributed by atoms with Gasteiger partial charge in [-0.1, -0.05) is 105 Å². The Morgan fingerprint density at radius 3 is 1.92 bits per heavy atom. The van der Waals surface area contributed by atoms with Crippen LogP contribution >= 0.6 is 0 Å². The van der Waals surface area contributed by atoms with Crippen LogP contribution < -0.4 is 4.90 Å². The summed E-state index contributed by atoms with van der Waals surface area (Å²) in [7, 11) is 0. The predicted molar refractivity (Wildman–Crippen MR) is 195 cm³/mol. The van der Waals surface area contributed by atoms with E-state index in [4.69, 9.17) is 0 Å². The third-order valence-corrected chi connectivity index (χ3v) is 8.54. The van der Waals surface area contributed by atoms with E-state index >= 15 is 0 Å². The molecule has 0 fully saturated rings. The van der Waals surface area contributed by atoms with Gasteiger partial charge in [0, 0.05) is 16.3 Å². The van der Waals surface area contributed by atoms with Crippen LogP contribution in [0.2, 0.25) is 0 Å². The van der Waals surface area contributed by atoms with Gasteiger partial charge in [0.2, 0.25) is 0 Å². The molecular formula is C43H30N4O2. The molecule has 49 heavy (non-hydrogen) atoms. The van der Waals surface area contributed by atoms with Crippen LogP contribution in [0.15, 0.2) is 133 Å². The first-order chi connectivity index (χ1) is 24.0. The summed E-state index contributed by atoms with van der Waals surface area (Å²) >= 11 is 0. The number of nitrogens with zero attached hydrogens (tertiary/aromatic N) is 4. The van der Waals surface area contributed by atoms with E-state index in [9.17, 15) is 20.1 Å². The zero-order valence-electron chi connectivity index (χ0n) is 27.0. The van der Waals surface area contributed by atoms with E-state index in [1.807, 2.05) is 102 Å². The van der Waals surface area contributed by atoms with E-state index in [2.05, 4.69) is 26.0 Å². The number of carbonyl (C=O) groups is 2. The zero-order chi connectivity index (χ0) is 34.1. The number of hydrogen-bond donors (Lipinski definition) is 0. The van der Waals surface area contributed by atoms with Gasteiger partial charge in [-0.15, -0.1) is 0 Å². The molecule has 0 saturated heterocycles. The molecule has 6 heteroatoms. The first kappa shape index (κ1) is 30.9. The number of imide groups is 1. The second-order valence-electron chi connectivity index (χ2n) is 11.8. The Labute approximate surface area is 284 Å². The second kappa shape index (κ2) is 12.8. The molecule has 2 heterocycles. The molecule has 1 aliphatic heterocycles. The number of hydrogen-bond acceptors (Lipinski definition) is 4. The lowest BCUT2D eigenvalue weighted by Gasteiger charge is -2.16. The molecule has 0 saturated carbocycles. The maximum Gasteiger partial charge on any atom is 0.268 e. The molecule has 1 aromatic heterocycles. The molecule has 0 unspecified atom stereocenters. The van der Waals surface area contributed by atoms with Crippen molar-refractivity contribution in [3.8, 4) is 40.1 Å². The van der Waals surface area contributed by atoms with Crippen molar-refractivity contribution in [2.75, 3.05) is 4.90 Å². The third-order valence-electron chi connectivity index (χ3n) is 8.54. The Hall–Kier alpha value is -6.76. The average molecular weight is 635 g/mol. The fourth-order valence-corrected chi connectivity index (χ4v) is 6.56. The van der Waals surface area contributed by atoms with Crippen molar-refractivity contribution >= 4 is 39.3 Å². The second-order valence-corrected chi connectivity index (χ2v) is 11.8. The van der Waals surface area contributed by atoms with Gasteiger partial charge in [-0.3, -0.25) is 9.59 Å². The van der Waals surface area contributed by atoms with Crippen LogP contribution in [0.4, 0.5) is 5.69 Å². The molecule has 0 atom stereocenters. The number of aromatic nitrogens is 1. The summed E-state index contributed by atoms with van der Waals surface area (Å²) in [5.41, 5.74) is 7.54. The highest BCUT2D eigenvalue weighted by Crippen LogP contribution is 2.41. The minimum absolute atomic E-state index is 0.318. The molecule has 234 valence electrons. The number of para-hydroxylation sites is 2. The van der Waals surface area contributed by atoms with Gasteiger partial charge in [0.25, 0.3) is 11.8 Å². The van der Waals surface area contributed by atoms with Crippen molar-refractivity contribution in [3.05, 3.63) is 156 Å². The quantitative estimate of drug-likeness (QED) is 0.180. The molecule has 0 N–H and O–H groups in total. The minimum atomic E-state index is -0.400. The minimum Gasteiger partial charge on any atom is -0.308 e. The van der Waals surface area contributed by atoms with Gasteiger partial charge in [0.15, 0.2) is 0 Å². The third kappa shape index (κ3) is 5.23. The zero-order valence-corrected chi connectivity index (χ0v) is 27.0. The molecule has 0 spiro atoms. The van der Waals surface area contributed by atoms with Crippen LogP contribution in [0.5, 0.6) is 0 Å². The SMILES string of the molecule is CCC.N#Cc1cc(C#N)cc(-c2cccc3c4ccccc4n(-c4cccc5c4C(=O)N(c4cccc(-c6ccccc6)c4)C5=O)c23)c1. The number of fused-ring (bicyclic) bond motifs is 4. The molecule has 6 nitrogen and oxygen atoms in total. The van der Waals surface area contributed by atoms with Crippen LogP contribution in [-0.2, 0) is 0 Å². The van der Waals surface area contributed by atoms with Gasteiger partial charge >= 0.3 is 0 Å². The Bertz CT molecular complexity index is 2480. The molecule has 0 aliphatic carbocycles. The highest BCUT2D eigenvalue weighted by atomic mass is 16.2. The Balaban J connectivity index is 0.00000122. The summed E-state index contributed by atoms with van der Waals surface area (Å²) < 4.78 is 2.03. The maximum absolute atomic E-state index is 14.4. The van der Waals surface area contributed by atoms with Crippen molar-refractivity contribution in [3.63, 3.8) is 0 Å².